The lowest BCUT2D eigenvalue weighted by Crippen LogP contribution is -2.45. The molecule has 0 fully saturated rings. The van der Waals surface area contributed by atoms with Gasteiger partial charge in [-0.05, 0) is 6.42 Å². The predicted molar refractivity (Wildman–Crippen MR) is 57.5 cm³/mol. The van der Waals surface area contributed by atoms with Crippen molar-refractivity contribution in [2.45, 2.75) is 45.1 Å². The lowest BCUT2D eigenvalue weighted by Gasteiger charge is -2.12. The summed E-state index contributed by atoms with van der Waals surface area (Å²) < 4.78 is 0. The number of hydrogen-bond donors (Lipinski definition) is 3. The molecule has 0 unspecified atom stereocenters. The first-order chi connectivity index (χ1) is 7.47. The molecule has 0 rings (SSSR count). The molecule has 0 aliphatic carbocycles. The molecule has 0 aromatic carbocycles. The predicted octanol–water partition coefficient (Wildman–Crippen LogP) is 0.0115. The Kier molecular flexibility index (Phi) is 6.91. The van der Waals surface area contributed by atoms with Crippen LogP contribution in [0.15, 0.2) is 0 Å². The molecule has 0 heterocycles. The topological polar surface area (TPSA) is 109 Å². The fraction of sp³-hybridized carbons (Fsp3) is 0.700. The van der Waals surface area contributed by atoms with Crippen LogP contribution in [0.4, 0.5) is 0 Å². The van der Waals surface area contributed by atoms with Crippen molar-refractivity contribution in [1.82, 2.24) is 5.32 Å². The van der Waals surface area contributed by atoms with Crippen LogP contribution in [-0.2, 0) is 14.4 Å². The van der Waals surface area contributed by atoms with Crippen LogP contribution in [0.2, 0.25) is 0 Å². The van der Waals surface area contributed by atoms with Gasteiger partial charge in [0.05, 0.1) is 6.42 Å². The fourth-order valence-corrected chi connectivity index (χ4v) is 1.20. The van der Waals surface area contributed by atoms with Gasteiger partial charge in [-0.25, -0.2) is 0 Å². The van der Waals surface area contributed by atoms with Gasteiger partial charge < -0.3 is 16.2 Å². The number of nitrogens with one attached hydrogen (secondary N) is 1. The number of amides is 2. The van der Waals surface area contributed by atoms with E-state index in [0.717, 1.165) is 19.3 Å². The number of carboxylic acid groups (broad SMARTS) is 1. The molecular weight excluding hydrogens is 212 g/mol. The molecule has 0 aliphatic heterocycles. The second-order valence-corrected chi connectivity index (χ2v) is 3.58. The molecule has 6 nitrogen and oxygen atoms in total. The van der Waals surface area contributed by atoms with E-state index in [1.54, 1.807) is 0 Å². The summed E-state index contributed by atoms with van der Waals surface area (Å²) in [7, 11) is 0. The minimum atomic E-state index is -1.17. The lowest BCUT2D eigenvalue weighted by molar-refractivity contribution is -0.140. The number of rotatable bonds is 8. The van der Waals surface area contributed by atoms with Crippen LogP contribution in [0.5, 0.6) is 0 Å². The summed E-state index contributed by atoms with van der Waals surface area (Å²) in [6, 6.07) is -1.12. The first kappa shape index (κ1) is 14.4. The van der Waals surface area contributed by atoms with E-state index in [4.69, 9.17) is 10.8 Å². The zero-order chi connectivity index (χ0) is 12.6. The van der Waals surface area contributed by atoms with Crippen molar-refractivity contribution in [1.29, 1.82) is 0 Å². The molecule has 0 aromatic heterocycles. The van der Waals surface area contributed by atoms with Gasteiger partial charge in [0, 0.05) is 6.42 Å². The van der Waals surface area contributed by atoms with Crippen LogP contribution in [0, 0.1) is 0 Å². The largest absolute Gasteiger partial charge is 0.481 e. The molecule has 0 aliphatic rings. The highest BCUT2D eigenvalue weighted by Crippen LogP contribution is 2.00. The maximum Gasteiger partial charge on any atom is 0.305 e. The summed E-state index contributed by atoms with van der Waals surface area (Å²) in [5, 5.41) is 10.8. The highest BCUT2D eigenvalue weighted by Gasteiger charge is 2.20. The number of unbranched alkanes of at least 4 members (excludes halogenated alkanes) is 2. The van der Waals surface area contributed by atoms with E-state index in [1.807, 2.05) is 6.92 Å². The fourth-order valence-electron chi connectivity index (χ4n) is 1.20. The normalized spacial score (nSPS) is 11.8. The van der Waals surface area contributed by atoms with E-state index in [-0.39, 0.29) is 12.3 Å². The Labute approximate surface area is 94.2 Å². The smallest absolute Gasteiger partial charge is 0.305 e. The number of primary amides is 1. The van der Waals surface area contributed by atoms with Gasteiger partial charge in [-0.2, -0.15) is 0 Å². The number of aliphatic carboxylic acids is 1. The Morgan fingerprint density at radius 3 is 2.38 bits per heavy atom. The first-order valence-corrected chi connectivity index (χ1v) is 5.27. The van der Waals surface area contributed by atoms with Gasteiger partial charge in [-0.1, -0.05) is 19.8 Å². The number of nitrogens with two attached hydrogens (primary N) is 1. The molecule has 6 heteroatoms. The van der Waals surface area contributed by atoms with E-state index in [2.05, 4.69) is 5.32 Å². The SMILES string of the molecule is CCCCCC(=O)N[C@@H](CC(=O)O)C(N)=O. The molecule has 2 amide bonds. The van der Waals surface area contributed by atoms with E-state index in [0.29, 0.717) is 0 Å². The summed E-state index contributed by atoms with van der Waals surface area (Å²) in [6.45, 7) is 2.01. The van der Waals surface area contributed by atoms with Crippen molar-refractivity contribution in [3.05, 3.63) is 0 Å². The third-order valence-corrected chi connectivity index (χ3v) is 2.06. The second kappa shape index (κ2) is 7.67. The van der Waals surface area contributed by atoms with Crippen LogP contribution >= 0.6 is 0 Å². The molecule has 0 spiro atoms. The van der Waals surface area contributed by atoms with Crippen LogP contribution in [0.1, 0.15) is 39.0 Å². The molecular formula is C10H18N2O4. The highest BCUT2D eigenvalue weighted by molar-refractivity contribution is 5.89. The Balaban J connectivity index is 4.03. The minimum Gasteiger partial charge on any atom is -0.481 e. The number of carbonyl (C=O) groups excluding carboxylic acids is 2. The Morgan fingerprint density at radius 1 is 1.31 bits per heavy atom. The average Bonchev–Trinajstić information content (AvgIpc) is 2.16. The van der Waals surface area contributed by atoms with Gasteiger partial charge in [0.25, 0.3) is 0 Å². The van der Waals surface area contributed by atoms with E-state index >= 15 is 0 Å². The monoisotopic (exact) mass is 230 g/mol. The summed E-state index contributed by atoms with van der Waals surface area (Å²) in [6.07, 6.45) is 2.45. The second-order valence-electron chi connectivity index (χ2n) is 3.58. The molecule has 92 valence electrons. The summed E-state index contributed by atoms with van der Waals surface area (Å²) in [5.41, 5.74) is 4.97. The highest BCUT2D eigenvalue weighted by atomic mass is 16.4. The standard InChI is InChI=1S/C10H18N2O4/c1-2-3-4-5-8(13)12-7(10(11)16)6-9(14)15/h7H,2-6H2,1H3,(H2,11,16)(H,12,13)(H,14,15)/t7-/m0/s1. The van der Waals surface area contributed by atoms with Crippen molar-refractivity contribution >= 4 is 17.8 Å². The number of hydrogen-bond acceptors (Lipinski definition) is 3. The summed E-state index contributed by atoms with van der Waals surface area (Å²) in [5.74, 6) is -2.33. The lowest BCUT2D eigenvalue weighted by atomic mass is 10.1. The van der Waals surface area contributed by atoms with Crippen LogP contribution in [0.25, 0.3) is 0 Å². The zero-order valence-corrected chi connectivity index (χ0v) is 9.36. The molecule has 0 saturated heterocycles. The van der Waals surface area contributed by atoms with Crippen LogP contribution < -0.4 is 11.1 Å². The van der Waals surface area contributed by atoms with Crippen molar-refractivity contribution < 1.29 is 19.5 Å². The molecule has 1 atom stereocenters. The van der Waals surface area contributed by atoms with Gasteiger partial charge in [-0.3, -0.25) is 14.4 Å². The average molecular weight is 230 g/mol. The number of carboxylic acids is 1. The van der Waals surface area contributed by atoms with Crippen molar-refractivity contribution in [3.8, 4) is 0 Å². The molecule has 0 saturated carbocycles. The van der Waals surface area contributed by atoms with Gasteiger partial charge in [0.2, 0.25) is 11.8 Å². The third kappa shape index (κ3) is 6.80. The van der Waals surface area contributed by atoms with Gasteiger partial charge in [0.1, 0.15) is 6.04 Å². The Morgan fingerprint density at radius 2 is 1.94 bits per heavy atom. The summed E-state index contributed by atoms with van der Waals surface area (Å²) >= 11 is 0. The molecule has 16 heavy (non-hydrogen) atoms. The first-order valence-electron chi connectivity index (χ1n) is 5.27. The van der Waals surface area contributed by atoms with Crippen molar-refractivity contribution in [2.24, 2.45) is 5.73 Å². The van der Waals surface area contributed by atoms with Crippen molar-refractivity contribution in [2.75, 3.05) is 0 Å². The van der Waals surface area contributed by atoms with Crippen molar-refractivity contribution in [3.63, 3.8) is 0 Å². The maximum atomic E-state index is 11.3. The third-order valence-electron chi connectivity index (χ3n) is 2.06. The van der Waals surface area contributed by atoms with Crippen LogP contribution in [-0.4, -0.2) is 28.9 Å². The Hall–Kier alpha value is -1.59. The molecule has 4 N–H and O–H groups in total. The molecule has 0 radical (unpaired) electrons. The van der Waals surface area contributed by atoms with E-state index < -0.39 is 24.3 Å². The minimum absolute atomic E-state index is 0.289. The van der Waals surface area contributed by atoms with E-state index in [9.17, 15) is 14.4 Å². The quantitative estimate of drug-likeness (QED) is 0.510. The van der Waals surface area contributed by atoms with Gasteiger partial charge >= 0.3 is 5.97 Å². The molecule has 0 aromatic rings. The van der Waals surface area contributed by atoms with Gasteiger partial charge in [-0.15, -0.1) is 0 Å². The van der Waals surface area contributed by atoms with Gasteiger partial charge in [0.15, 0.2) is 0 Å². The van der Waals surface area contributed by atoms with Crippen LogP contribution in [0.3, 0.4) is 0 Å². The Bertz CT molecular complexity index is 266. The summed E-state index contributed by atoms with van der Waals surface area (Å²) in [4.78, 5) is 32.5. The maximum absolute atomic E-state index is 11.3. The molecule has 0 bridgehead atoms. The number of carbonyl (C=O) groups is 3. The van der Waals surface area contributed by atoms with E-state index in [1.165, 1.54) is 0 Å². The zero-order valence-electron chi connectivity index (χ0n) is 9.36.